The second kappa shape index (κ2) is 7.10. The van der Waals surface area contributed by atoms with Gasteiger partial charge >= 0.3 is 0 Å². The highest BCUT2D eigenvalue weighted by Gasteiger charge is 2.16. The van der Waals surface area contributed by atoms with E-state index in [-0.39, 0.29) is 12.5 Å². The molecule has 0 atom stereocenters. The van der Waals surface area contributed by atoms with Crippen LogP contribution in [0.1, 0.15) is 27.2 Å². The van der Waals surface area contributed by atoms with Crippen LogP contribution in [0, 0.1) is 0 Å². The van der Waals surface area contributed by atoms with Gasteiger partial charge in [-0.15, -0.1) is 0 Å². The van der Waals surface area contributed by atoms with E-state index in [2.05, 4.69) is 6.92 Å². The Morgan fingerprint density at radius 3 is 2.67 bits per heavy atom. The zero-order valence-electron chi connectivity index (χ0n) is 8.30. The lowest BCUT2D eigenvalue weighted by Crippen LogP contribution is -2.41. The quantitative estimate of drug-likeness (QED) is 0.629. The van der Waals surface area contributed by atoms with Crippen LogP contribution >= 0.6 is 0 Å². The number of morpholine rings is 1. The molecule has 1 fully saturated rings. The van der Waals surface area contributed by atoms with Crippen LogP contribution in [0.5, 0.6) is 0 Å². The third-order valence-corrected chi connectivity index (χ3v) is 1.58. The first kappa shape index (κ1) is 11.4. The van der Waals surface area contributed by atoms with E-state index in [1.54, 1.807) is 0 Å². The molecule has 0 aliphatic carbocycles. The van der Waals surface area contributed by atoms with Crippen LogP contribution in [0.3, 0.4) is 0 Å². The molecule has 0 radical (unpaired) electrons. The van der Waals surface area contributed by atoms with E-state index in [9.17, 15) is 4.79 Å². The van der Waals surface area contributed by atoms with E-state index in [4.69, 9.17) is 4.74 Å². The Balaban J connectivity index is 0.000000561. The third kappa shape index (κ3) is 3.72. The van der Waals surface area contributed by atoms with Crippen LogP contribution in [0.15, 0.2) is 0 Å². The molecule has 0 aromatic rings. The maximum Gasteiger partial charge on any atom is 0.248 e. The molecule has 1 aliphatic rings. The van der Waals surface area contributed by atoms with Crippen molar-refractivity contribution < 1.29 is 9.53 Å². The molecule has 3 nitrogen and oxygen atoms in total. The van der Waals surface area contributed by atoms with E-state index in [0.29, 0.717) is 6.61 Å². The summed E-state index contributed by atoms with van der Waals surface area (Å²) in [5, 5.41) is 0. The van der Waals surface area contributed by atoms with Crippen molar-refractivity contribution in [2.75, 3.05) is 26.3 Å². The third-order valence-electron chi connectivity index (χ3n) is 1.58. The van der Waals surface area contributed by atoms with Crippen molar-refractivity contribution in [3.63, 3.8) is 0 Å². The Kier molecular flexibility index (Phi) is 6.76. The first-order valence-corrected chi connectivity index (χ1v) is 4.70. The standard InChI is InChI=1S/C7H13NO2.C2H6/c1-2-3-8-4-5-10-6-7(8)9;1-2/h2-6H2,1H3;1-2H3. The SMILES string of the molecule is CC.CCCN1CCOCC1=O. The van der Waals surface area contributed by atoms with Crippen molar-refractivity contribution in [1.82, 2.24) is 4.90 Å². The van der Waals surface area contributed by atoms with Gasteiger partial charge in [-0.05, 0) is 6.42 Å². The monoisotopic (exact) mass is 173 g/mol. The molecule has 1 heterocycles. The summed E-state index contributed by atoms with van der Waals surface area (Å²) in [6.07, 6.45) is 1.03. The van der Waals surface area contributed by atoms with Gasteiger partial charge in [0, 0.05) is 13.1 Å². The molecular formula is C9H19NO2. The van der Waals surface area contributed by atoms with E-state index in [0.717, 1.165) is 19.5 Å². The summed E-state index contributed by atoms with van der Waals surface area (Å²) in [6, 6.07) is 0. The number of nitrogens with zero attached hydrogens (tertiary/aromatic N) is 1. The van der Waals surface area contributed by atoms with Crippen molar-refractivity contribution in [1.29, 1.82) is 0 Å². The van der Waals surface area contributed by atoms with Gasteiger partial charge in [-0.2, -0.15) is 0 Å². The molecule has 0 spiro atoms. The summed E-state index contributed by atoms with van der Waals surface area (Å²) in [6.45, 7) is 8.70. The van der Waals surface area contributed by atoms with Crippen molar-refractivity contribution >= 4 is 5.91 Å². The molecular weight excluding hydrogens is 154 g/mol. The molecule has 0 bridgehead atoms. The molecule has 0 saturated carbocycles. The molecule has 1 amide bonds. The number of amides is 1. The topological polar surface area (TPSA) is 29.5 Å². The number of rotatable bonds is 2. The first-order valence-electron chi connectivity index (χ1n) is 4.70. The maximum absolute atomic E-state index is 11.0. The maximum atomic E-state index is 11.0. The normalized spacial score (nSPS) is 16.9. The molecule has 0 N–H and O–H groups in total. The van der Waals surface area contributed by atoms with Crippen molar-refractivity contribution in [2.45, 2.75) is 27.2 Å². The predicted octanol–water partition coefficient (Wildman–Crippen LogP) is 1.28. The Hall–Kier alpha value is -0.570. The Labute approximate surface area is 74.7 Å². The van der Waals surface area contributed by atoms with Crippen LogP contribution < -0.4 is 0 Å². The lowest BCUT2D eigenvalue weighted by Gasteiger charge is -2.25. The molecule has 0 aromatic carbocycles. The summed E-state index contributed by atoms with van der Waals surface area (Å²) in [5.74, 6) is 0.133. The second-order valence-corrected chi connectivity index (χ2v) is 2.43. The van der Waals surface area contributed by atoms with Crippen LogP contribution in [0.4, 0.5) is 0 Å². The average Bonchev–Trinajstić information content (AvgIpc) is 2.13. The minimum atomic E-state index is 0.133. The Morgan fingerprint density at radius 2 is 2.17 bits per heavy atom. The lowest BCUT2D eigenvalue weighted by atomic mass is 10.3. The number of carbonyl (C=O) groups is 1. The van der Waals surface area contributed by atoms with E-state index in [1.165, 1.54) is 0 Å². The van der Waals surface area contributed by atoms with Gasteiger partial charge in [0.2, 0.25) is 5.91 Å². The minimum absolute atomic E-state index is 0.133. The van der Waals surface area contributed by atoms with E-state index in [1.807, 2.05) is 18.7 Å². The van der Waals surface area contributed by atoms with Gasteiger partial charge in [0.25, 0.3) is 0 Å². The summed E-state index contributed by atoms with van der Waals surface area (Å²) in [7, 11) is 0. The van der Waals surface area contributed by atoms with Crippen LogP contribution in [-0.2, 0) is 9.53 Å². The fourth-order valence-corrected chi connectivity index (χ4v) is 1.06. The van der Waals surface area contributed by atoms with E-state index >= 15 is 0 Å². The zero-order chi connectivity index (χ0) is 9.40. The molecule has 1 rings (SSSR count). The molecule has 72 valence electrons. The van der Waals surface area contributed by atoms with Gasteiger partial charge in [0.1, 0.15) is 6.61 Å². The Bertz CT molecular complexity index is 124. The van der Waals surface area contributed by atoms with Crippen LogP contribution in [0.25, 0.3) is 0 Å². The highest BCUT2D eigenvalue weighted by molar-refractivity contribution is 5.77. The lowest BCUT2D eigenvalue weighted by molar-refractivity contribution is -0.142. The predicted molar refractivity (Wildman–Crippen MR) is 49.0 cm³/mol. The molecule has 3 heteroatoms. The number of hydrogen-bond acceptors (Lipinski definition) is 2. The summed E-state index contributed by atoms with van der Waals surface area (Å²) >= 11 is 0. The van der Waals surface area contributed by atoms with Gasteiger partial charge in [0.15, 0.2) is 0 Å². The molecule has 1 aliphatic heterocycles. The van der Waals surface area contributed by atoms with Crippen LogP contribution in [-0.4, -0.2) is 37.1 Å². The number of carbonyl (C=O) groups excluding carboxylic acids is 1. The van der Waals surface area contributed by atoms with Gasteiger partial charge in [-0.1, -0.05) is 20.8 Å². The molecule has 1 saturated heterocycles. The Morgan fingerprint density at radius 1 is 1.50 bits per heavy atom. The summed E-state index contributed by atoms with van der Waals surface area (Å²) in [5.41, 5.74) is 0. The van der Waals surface area contributed by atoms with Gasteiger partial charge in [-0.3, -0.25) is 4.79 Å². The summed E-state index contributed by atoms with van der Waals surface area (Å²) < 4.78 is 4.97. The highest BCUT2D eigenvalue weighted by Crippen LogP contribution is 1.98. The van der Waals surface area contributed by atoms with Gasteiger partial charge in [-0.25, -0.2) is 0 Å². The summed E-state index contributed by atoms with van der Waals surface area (Å²) in [4.78, 5) is 12.8. The van der Waals surface area contributed by atoms with Crippen molar-refractivity contribution in [3.8, 4) is 0 Å². The number of ether oxygens (including phenoxy) is 1. The van der Waals surface area contributed by atoms with Gasteiger partial charge in [0.05, 0.1) is 6.61 Å². The second-order valence-electron chi connectivity index (χ2n) is 2.43. The minimum Gasteiger partial charge on any atom is -0.370 e. The van der Waals surface area contributed by atoms with Crippen molar-refractivity contribution in [3.05, 3.63) is 0 Å². The highest BCUT2D eigenvalue weighted by atomic mass is 16.5. The van der Waals surface area contributed by atoms with E-state index < -0.39 is 0 Å². The fourth-order valence-electron chi connectivity index (χ4n) is 1.06. The van der Waals surface area contributed by atoms with Gasteiger partial charge < -0.3 is 9.64 Å². The zero-order valence-corrected chi connectivity index (χ0v) is 8.30. The average molecular weight is 173 g/mol. The number of hydrogen-bond donors (Lipinski definition) is 0. The van der Waals surface area contributed by atoms with Crippen molar-refractivity contribution in [2.24, 2.45) is 0 Å². The van der Waals surface area contributed by atoms with Crippen LogP contribution in [0.2, 0.25) is 0 Å². The molecule has 0 unspecified atom stereocenters. The first-order chi connectivity index (χ1) is 5.84. The fraction of sp³-hybridized carbons (Fsp3) is 0.889. The molecule has 0 aromatic heterocycles. The smallest absolute Gasteiger partial charge is 0.248 e. The largest absolute Gasteiger partial charge is 0.370 e. The molecule has 12 heavy (non-hydrogen) atoms.